The molecule has 4 nitrogen and oxygen atoms in total. The van der Waals surface area contributed by atoms with Crippen LogP contribution in [0.3, 0.4) is 0 Å². The number of likely N-dealkylation sites (tertiary alicyclic amines) is 1. The molecule has 0 bridgehead atoms. The van der Waals surface area contributed by atoms with Crippen LogP contribution in [0.4, 0.5) is 4.39 Å². The maximum atomic E-state index is 13.3. The van der Waals surface area contributed by atoms with E-state index in [2.05, 4.69) is 0 Å². The second kappa shape index (κ2) is 7.98. The summed E-state index contributed by atoms with van der Waals surface area (Å²) in [7, 11) is 0. The average molecular weight is 408 g/mol. The Kier molecular flexibility index (Phi) is 5.45. The first-order valence-corrected chi connectivity index (χ1v) is 10.2. The van der Waals surface area contributed by atoms with Crippen LogP contribution in [0, 0.1) is 5.82 Å². The van der Waals surface area contributed by atoms with E-state index in [1.54, 1.807) is 12.1 Å². The highest BCUT2D eigenvalue weighted by Crippen LogP contribution is 2.38. The number of fused-ring (bicyclic) bond motifs is 1. The fourth-order valence-corrected chi connectivity index (χ4v) is 4.54. The van der Waals surface area contributed by atoms with Gasteiger partial charge in [-0.05, 0) is 48.7 Å². The van der Waals surface area contributed by atoms with Gasteiger partial charge in [0.15, 0.2) is 11.5 Å². The standard InChI is InChI=1S/C20H19ClFNO3S/c21-15-11-14(4-5-16(15)22)27-12-20(24)23-7-1-2-17(23)13-3-6-18-19(10-13)26-9-8-25-18/h3-6,10-11,17H,1-2,7-9,12H2. The van der Waals surface area contributed by atoms with Crippen LogP contribution in [0.2, 0.25) is 5.02 Å². The van der Waals surface area contributed by atoms with Crippen molar-refractivity contribution in [1.29, 1.82) is 0 Å². The molecular weight excluding hydrogens is 389 g/mol. The van der Waals surface area contributed by atoms with Crippen molar-refractivity contribution in [2.75, 3.05) is 25.5 Å². The van der Waals surface area contributed by atoms with Crippen LogP contribution >= 0.6 is 23.4 Å². The second-order valence-corrected chi connectivity index (χ2v) is 7.97. The molecule has 1 fully saturated rings. The molecule has 1 amide bonds. The molecular formula is C20H19ClFNO3S. The molecule has 2 aliphatic heterocycles. The zero-order valence-electron chi connectivity index (χ0n) is 14.6. The molecule has 2 aromatic rings. The van der Waals surface area contributed by atoms with Crippen LogP contribution in [0.25, 0.3) is 0 Å². The Morgan fingerprint density at radius 2 is 2.00 bits per heavy atom. The third-order valence-corrected chi connectivity index (χ3v) is 6.05. The highest BCUT2D eigenvalue weighted by Gasteiger charge is 2.30. The number of ether oxygens (including phenoxy) is 2. The SMILES string of the molecule is O=C(CSc1ccc(F)c(Cl)c1)N1CCCC1c1ccc2c(c1)OCCO2. The van der Waals surface area contributed by atoms with E-state index in [1.807, 2.05) is 23.1 Å². The molecule has 0 aliphatic carbocycles. The van der Waals surface area contributed by atoms with E-state index in [0.29, 0.717) is 19.0 Å². The van der Waals surface area contributed by atoms with E-state index in [0.717, 1.165) is 41.3 Å². The van der Waals surface area contributed by atoms with Crippen LogP contribution < -0.4 is 9.47 Å². The molecule has 2 aromatic carbocycles. The number of carbonyl (C=O) groups is 1. The van der Waals surface area contributed by atoms with Crippen molar-refractivity contribution in [3.63, 3.8) is 0 Å². The lowest BCUT2D eigenvalue weighted by atomic mass is 10.0. The van der Waals surface area contributed by atoms with Gasteiger partial charge in [0.2, 0.25) is 5.91 Å². The summed E-state index contributed by atoms with van der Waals surface area (Å²) in [4.78, 5) is 15.5. The molecule has 2 heterocycles. The minimum Gasteiger partial charge on any atom is -0.486 e. The highest BCUT2D eigenvalue weighted by atomic mass is 35.5. The number of rotatable bonds is 4. The van der Waals surface area contributed by atoms with Crippen LogP contribution in [0.5, 0.6) is 11.5 Å². The van der Waals surface area contributed by atoms with E-state index in [1.165, 1.54) is 17.8 Å². The summed E-state index contributed by atoms with van der Waals surface area (Å²) >= 11 is 7.18. The Morgan fingerprint density at radius 1 is 1.19 bits per heavy atom. The van der Waals surface area contributed by atoms with Crippen molar-refractivity contribution in [3.8, 4) is 11.5 Å². The fourth-order valence-electron chi connectivity index (χ4n) is 3.47. The van der Waals surface area contributed by atoms with Crippen LogP contribution in [-0.2, 0) is 4.79 Å². The van der Waals surface area contributed by atoms with Crippen LogP contribution in [-0.4, -0.2) is 36.3 Å². The lowest BCUT2D eigenvalue weighted by molar-refractivity contribution is -0.129. The molecule has 27 heavy (non-hydrogen) atoms. The maximum Gasteiger partial charge on any atom is 0.233 e. The molecule has 4 rings (SSSR count). The predicted molar refractivity (Wildman–Crippen MR) is 103 cm³/mol. The number of carbonyl (C=O) groups excluding carboxylic acids is 1. The molecule has 0 radical (unpaired) electrons. The van der Waals surface area contributed by atoms with E-state index in [4.69, 9.17) is 21.1 Å². The summed E-state index contributed by atoms with van der Waals surface area (Å²) in [6.45, 7) is 1.84. The Balaban J connectivity index is 1.44. The topological polar surface area (TPSA) is 38.8 Å². The van der Waals surface area contributed by atoms with Gasteiger partial charge in [-0.15, -0.1) is 11.8 Å². The van der Waals surface area contributed by atoms with Gasteiger partial charge in [-0.3, -0.25) is 4.79 Å². The van der Waals surface area contributed by atoms with E-state index < -0.39 is 5.82 Å². The zero-order chi connectivity index (χ0) is 18.8. The van der Waals surface area contributed by atoms with Crippen LogP contribution in [0.15, 0.2) is 41.3 Å². The first-order chi connectivity index (χ1) is 13.1. The number of benzene rings is 2. The minimum absolute atomic E-state index is 0.0470. The van der Waals surface area contributed by atoms with Crippen molar-refractivity contribution in [1.82, 2.24) is 4.90 Å². The van der Waals surface area contributed by atoms with Gasteiger partial charge >= 0.3 is 0 Å². The van der Waals surface area contributed by atoms with E-state index in [-0.39, 0.29) is 17.0 Å². The Labute approximate surface area is 166 Å². The van der Waals surface area contributed by atoms with Crippen LogP contribution in [0.1, 0.15) is 24.4 Å². The van der Waals surface area contributed by atoms with Gasteiger partial charge in [0.25, 0.3) is 0 Å². The van der Waals surface area contributed by atoms with Gasteiger partial charge in [-0.2, -0.15) is 0 Å². The lowest BCUT2D eigenvalue weighted by Crippen LogP contribution is -2.32. The first kappa shape index (κ1) is 18.4. The average Bonchev–Trinajstić information content (AvgIpc) is 3.18. The summed E-state index contributed by atoms with van der Waals surface area (Å²) in [5.41, 5.74) is 1.07. The Morgan fingerprint density at radius 3 is 2.81 bits per heavy atom. The third kappa shape index (κ3) is 4.01. The molecule has 142 valence electrons. The van der Waals surface area contributed by atoms with Gasteiger partial charge in [0, 0.05) is 11.4 Å². The number of hydrogen-bond donors (Lipinski definition) is 0. The van der Waals surface area contributed by atoms with E-state index >= 15 is 0 Å². The lowest BCUT2D eigenvalue weighted by Gasteiger charge is -2.26. The predicted octanol–water partition coefficient (Wildman–Crippen LogP) is 4.71. The monoisotopic (exact) mass is 407 g/mol. The van der Waals surface area contributed by atoms with Gasteiger partial charge in [0.05, 0.1) is 16.8 Å². The molecule has 7 heteroatoms. The summed E-state index contributed by atoms with van der Waals surface area (Å²) < 4.78 is 24.5. The maximum absolute atomic E-state index is 13.3. The third-order valence-electron chi connectivity index (χ3n) is 4.78. The largest absolute Gasteiger partial charge is 0.486 e. The number of thioether (sulfide) groups is 1. The summed E-state index contributed by atoms with van der Waals surface area (Å²) in [6, 6.07) is 10.5. The molecule has 0 spiro atoms. The van der Waals surface area contributed by atoms with Crippen molar-refractivity contribution in [2.24, 2.45) is 0 Å². The van der Waals surface area contributed by atoms with E-state index in [9.17, 15) is 9.18 Å². The Hall–Kier alpha value is -1.92. The minimum atomic E-state index is -0.453. The van der Waals surface area contributed by atoms with Crippen molar-refractivity contribution < 1.29 is 18.7 Å². The molecule has 0 saturated carbocycles. The molecule has 2 aliphatic rings. The Bertz CT molecular complexity index is 863. The highest BCUT2D eigenvalue weighted by molar-refractivity contribution is 8.00. The first-order valence-electron chi connectivity index (χ1n) is 8.89. The number of amides is 1. The van der Waals surface area contributed by atoms with Gasteiger partial charge in [-0.25, -0.2) is 4.39 Å². The number of nitrogens with zero attached hydrogens (tertiary/aromatic N) is 1. The van der Waals surface area contributed by atoms with Crippen molar-refractivity contribution in [3.05, 3.63) is 52.8 Å². The second-order valence-electron chi connectivity index (χ2n) is 6.51. The quantitative estimate of drug-likeness (QED) is 0.688. The molecule has 1 unspecified atom stereocenters. The number of hydrogen-bond acceptors (Lipinski definition) is 4. The van der Waals surface area contributed by atoms with Gasteiger partial charge < -0.3 is 14.4 Å². The smallest absolute Gasteiger partial charge is 0.233 e. The zero-order valence-corrected chi connectivity index (χ0v) is 16.2. The van der Waals surface area contributed by atoms with Gasteiger partial charge in [-0.1, -0.05) is 17.7 Å². The molecule has 0 N–H and O–H groups in total. The fraction of sp³-hybridized carbons (Fsp3) is 0.350. The normalized spacial score (nSPS) is 18.6. The molecule has 1 saturated heterocycles. The summed E-state index contributed by atoms with van der Waals surface area (Å²) in [5, 5.41) is 0.0720. The summed E-state index contributed by atoms with van der Waals surface area (Å²) in [6.07, 6.45) is 1.90. The number of halogens is 2. The molecule has 0 aromatic heterocycles. The van der Waals surface area contributed by atoms with Crippen molar-refractivity contribution in [2.45, 2.75) is 23.8 Å². The van der Waals surface area contributed by atoms with Crippen molar-refractivity contribution >= 4 is 29.3 Å². The van der Waals surface area contributed by atoms with Gasteiger partial charge in [0.1, 0.15) is 19.0 Å². The molecule has 1 atom stereocenters. The summed E-state index contributed by atoms with van der Waals surface area (Å²) in [5.74, 6) is 1.41.